The molecular weight excluding hydrogens is 1510 g/mol. The minimum atomic E-state index is -1.53. The SMILES string of the molecule is Cc1ccc(-n2c(=O)n(-c3ccc(C)c(N=C=O)c3)c(=O)n(-c3ccc(C)c(-n4c(=O)n(-c5ccc(C)c(N=C=O)c5)c(=O)n(-c5ccc(C)c(-n6c(=O)n(-c7ccc(C)c(N=C=O)c7)c(=O)n(-c7ccc(C)c(-n8c(=O)n(-c9ccc(C)c(N=C=O)c9)c(=O)n(-c9ccc(C)c(OC#N)c9)c8=O)c7)c6=O)c5)c4=O)c3)c2=O)cc1N=C=O. The van der Waals surface area contributed by atoms with Gasteiger partial charge in [0.25, 0.3) is 6.26 Å². The van der Waals surface area contributed by atoms with E-state index < -0.39 is 102 Å². The fourth-order valence-electron chi connectivity index (χ4n) is 13.1. The molecule has 0 atom stereocenters. The van der Waals surface area contributed by atoms with E-state index in [1.165, 1.54) is 205 Å². The van der Waals surface area contributed by atoms with Gasteiger partial charge in [0, 0.05) is 6.07 Å². The number of aromatic nitrogens is 12. The fraction of sp³-hybridized carbons (Fsp3) is 0.111. The van der Waals surface area contributed by atoms with Crippen molar-refractivity contribution < 1.29 is 28.7 Å². The molecule has 0 spiro atoms. The van der Waals surface area contributed by atoms with Crippen molar-refractivity contribution in [3.8, 4) is 80.3 Å². The van der Waals surface area contributed by atoms with Crippen molar-refractivity contribution in [1.82, 2.24) is 54.8 Å². The minimum Gasteiger partial charge on any atom is -0.388 e. The number of nitriles is 1. The standard InChI is InChI=1S/C81H54N18O18/c1-43-10-19-52(28-61(43)83-38-100)88-70(105)89(53-20-11-44(2)62(29-53)84-39-101)72(107)93(71(88)106)57-24-15-48(6)66(33-57)97-76(111)90(54-21-12-45(3)63(30-54)85-40-102)73(108)94(79(97)114)58-25-16-49(7)67(34-58)98-77(112)91(55-22-13-46(4)64(31-55)86-41-103)74(109)95(80(98)115)59-26-17-50(8)68(35-59)99-78(113)92(56-23-14-47(5)65(32-56)87-42-104)75(110)96(81(99)116)60-27-18-51(9)69(36-60)117-37-82/h10-36H,1-9H3. The average molecular weight is 1570 g/mol. The highest BCUT2D eigenvalue weighted by molar-refractivity contribution is 5.64. The molecule has 0 radical (unpaired) electrons. The van der Waals surface area contributed by atoms with Gasteiger partial charge in [0.05, 0.1) is 96.7 Å². The molecule has 0 aliphatic rings. The zero-order valence-electron chi connectivity index (χ0n) is 62.5. The lowest BCUT2D eigenvalue weighted by atomic mass is 10.1. The number of rotatable bonds is 18. The zero-order valence-corrected chi connectivity index (χ0v) is 62.5. The molecule has 576 valence electrons. The molecule has 0 bridgehead atoms. The molecule has 0 saturated heterocycles. The van der Waals surface area contributed by atoms with Crippen LogP contribution in [0.2, 0.25) is 0 Å². The maximum Gasteiger partial charge on any atom is 0.345 e. The summed E-state index contributed by atoms with van der Waals surface area (Å²) in [5, 5.41) is 9.56. The van der Waals surface area contributed by atoms with E-state index >= 15 is 47.9 Å². The number of aryl methyl sites for hydroxylation is 9. The van der Waals surface area contributed by atoms with E-state index in [0.717, 1.165) is 30.3 Å². The Bertz CT molecular complexity index is 7620. The van der Waals surface area contributed by atoms with Crippen molar-refractivity contribution >= 4 is 58.8 Å². The van der Waals surface area contributed by atoms with Gasteiger partial charge in [0.2, 0.25) is 30.4 Å². The number of benzene rings is 9. The number of hydrogen-bond donors (Lipinski definition) is 0. The largest absolute Gasteiger partial charge is 0.388 e. The third-order valence-electron chi connectivity index (χ3n) is 19.3. The predicted molar refractivity (Wildman–Crippen MR) is 421 cm³/mol. The number of isocyanates is 5. The van der Waals surface area contributed by atoms with Gasteiger partial charge in [-0.3, -0.25) is 0 Å². The quantitative estimate of drug-likeness (QED) is 0.0542. The number of aliphatic imine (C=N–C) groups is 5. The average Bonchev–Trinajstić information content (AvgIpc) is 0.730. The summed E-state index contributed by atoms with van der Waals surface area (Å²) >= 11 is 0. The number of hydrogen-bond acceptors (Lipinski definition) is 24. The van der Waals surface area contributed by atoms with E-state index in [2.05, 4.69) is 25.0 Å². The van der Waals surface area contributed by atoms with Crippen molar-refractivity contribution in [2.24, 2.45) is 25.0 Å². The lowest BCUT2D eigenvalue weighted by molar-refractivity contribution is 0.502. The Morgan fingerprint density at radius 1 is 0.222 bits per heavy atom. The van der Waals surface area contributed by atoms with Crippen LogP contribution in [0.4, 0.5) is 28.4 Å². The molecule has 9 aromatic carbocycles. The summed E-state index contributed by atoms with van der Waals surface area (Å²) in [5.41, 5.74) is -19.7. The lowest BCUT2D eigenvalue weighted by Gasteiger charge is -2.19. The second-order valence-electron chi connectivity index (χ2n) is 26.3. The van der Waals surface area contributed by atoms with Crippen LogP contribution in [0.25, 0.3) is 68.2 Å². The summed E-state index contributed by atoms with van der Waals surface area (Å²) in [6.07, 6.45) is 8.59. The molecule has 0 aliphatic heterocycles. The molecule has 4 aromatic heterocycles. The van der Waals surface area contributed by atoms with Crippen LogP contribution in [0, 0.1) is 73.8 Å². The Labute approximate surface area is 651 Å². The molecule has 0 saturated carbocycles. The Kier molecular flexibility index (Phi) is 20.6. The van der Waals surface area contributed by atoms with Crippen molar-refractivity contribution in [3.05, 3.63) is 340 Å². The third-order valence-corrected chi connectivity index (χ3v) is 19.3. The second-order valence-corrected chi connectivity index (χ2v) is 26.3. The molecule has 36 nitrogen and oxygen atoms in total. The maximum atomic E-state index is 16.0. The molecule has 0 unspecified atom stereocenters. The van der Waals surface area contributed by atoms with Gasteiger partial charge < -0.3 is 4.74 Å². The number of carbonyl (C=O) groups excluding carboxylic acids is 5. The fourth-order valence-corrected chi connectivity index (χ4v) is 13.1. The van der Waals surface area contributed by atoms with E-state index in [-0.39, 0.29) is 85.0 Å². The highest BCUT2D eigenvalue weighted by Crippen LogP contribution is 2.29. The van der Waals surface area contributed by atoms with Crippen molar-refractivity contribution in [2.75, 3.05) is 0 Å². The number of ether oxygens (including phenoxy) is 1. The van der Waals surface area contributed by atoms with Crippen LogP contribution in [0.3, 0.4) is 0 Å². The molecule has 117 heavy (non-hydrogen) atoms. The van der Waals surface area contributed by atoms with Crippen molar-refractivity contribution in [2.45, 2.75) is 62.3 Å². The second kappa shape index (κ2) is 30.9. The van der Waals surface area contributed by atoms with Crippen LogP contribution in [0.15, 0.2) is 246 Å². The van der Waals surface area contributed by atoms with Crippen molar-refractivity contribution in [3.63, 3.8) is 0 Å². The van der Waals surface area contributed by atoms with E-state index in [1.807, 2.05) is 0 Å². The summed E-state index contributed by atoms with van der Waals surface area (Å²) in [6.45, 7) is 13.5. The van der Waals surface area contributed by atoms with Gasteiger partial charge in [-0.15, -0.1) is 5.26 Å². The van der Waals surface area contributed by atoms with Gasteiger partial charge >= 0.3 is 68.3 Å². The molecule has 0 N–H and O–H groups in total. The summed E-state index contributed by atoms with van der Waals surface area (Å²) < 4.78 is 11.1. The highest BCUT2D eigenvalue weighted by atomic mass is 16.5. The number of nitrogens with zero attached hydrogens (tertiary/aromatic N) is 18. The third kappa shape index (κ3) is 13.5. The summed E-state index contributed by atoms with van der Waals surface area (Å²) in [6, 6.07) is 33.5. The first kappa shape index (κ1) is 77.9. The predicted octanol–water partition coefficient (Wildman–Crippen LogP) is 5.97. The van der Waals surface area contributed by atoms with Gasteiger partial charge in [-0.1, -0.05) is 54.6 Å². The van der Waals surface area contributed by atoms with E-state index in [9.17, 15) is 38.8 Å². The summed E-state index contributed by atoms with van der Waals surface area (Å²) in [5.74, 6) is -0.108. The first-order valence-corrected chi connectivity index (χ1v) is 34.5. The van der Waals surface area contributed by atoms with Crippen LogP contribution in [0.1, 0.15) is 50.1 Å². The Morgan fingerprint density at radius 2 is 0.385 bits per heavy atom. The molecular formula is C81H54N18O18. The van der Waals surface area contributed by atoms with Crippen LogP contribution >= 0.6 is 0 Å². The van der Waals surface area contributed by atoms with E-state index in [1.54, 1.807) is 27.7 Å². The van der Waals surface area contributed by atoms with Gasteiger partial charge in [0.15, 0.2) is 0 Å². The molecule has 13 rings (SSSR count). The smallest absolute Gasteiger partial charge is 0.345 e. The molecule has 36 heteroatoms. The Morgan fingerprint density at radius 3 is 0.573 bits per heavy atom. The Balaban J connectivity index is 1.09. The first-order chi connectivity index (χ1) is 56.0. The monoisotopic (exact) mass is 1570 g/mol. The molecule has 0 amide bonds. The van der Waals surface area contributed by atoms with E-state index in [0.29, 0.717) is 88.2 Å². The van der Waals surface area contributed by atoms with Crippen LogP contribution in [0.5, 0.6) is 5.75 Å². The molecule has 4 heterocycles. The zero-order chi connectivity index (χ0) is 84.0. The lowest BCUT2D eigenvalue weighted by Crippen LogP contribution is -2.54. The van der Waals surface area contributed by atoms with Crippen LogP contribution < -0.4 is 73.0 Å². The summed E-state index contributed by atoms with van der Waals surface area (Å²) in [4.78, 5) is 263. The molecule has 0 aliphatic carbocycles. The summed E-state index contributed by atoms with van der Waals surface area (Å²) in [7, 11) is 0. The first-order valence-electron chi connectivity index (χ1n) is 34.5. The van der Waals surface area contributed by atoms with E-state index in [4.69, 9.17) is 4.74 Å². The van der Waals surface area contributed by atoms with Crippen molar-refractivity contribution in [1.29, 1.82) is 5.26 Å². The van der Waals surface area contributed by atoms with Crippen LogP contribution in [-0.2, 0) is 24.0 Å². The molecule has 0 fully saturated rings. The normalized spacial score (nSPS) is 10.8. The van der Waals surface area contributed by atoms with Gasteiger partial charge in [-0.2, -0.15) is 25.0 Å². The van der Waals surface area contributed by atoms with Gasteiger partial charge in [-0.25, -0.2) is 136 Å². The van der Waals surface area contributed by atoms with Gasteiger partial charge in [-0.05, 0) is 216 Å². The topological polar surface area (TPSA) is 444 Å². The molecule has 13 aromatic rings. The minimum absolute atomic E-state index is 0.0166. The van der Waals surface area contributed by atoms with Crippen LogP contribution in [-0.4, -0.2) is 85.2 Å². The highest BCUT2D eigenvalue weighted by Gasteiger charge is 2.30. The maximum absolute atomic E-state index is 16.0. The van der Waals surface area contributed by atoms with Gasteiger partial charge in [0.1, 0.15) is 5.75 Å². The Hall–Kier alpha value is -17.2.